The van der Waals surface area contributed by atoms with E-state index >= 15 is 0 Å². The number of ether oxygens (including phenoxy) is 1. The Kier molecular flexibility index (Phi) is 5.79. The highest BCUT2D eigenvalue weighted by atomic mass is 16.5. The molecule has 0 spiro atoms. The van der Waals surface area contributed by atoms with E-state index in [-0.39, 0.29) is 11.7 Å². The maximum absolute atomic E-state index is 13.0. The molecule has 2 aromatic carbocycles. The van der Waals surface area contributed by atoms with Crippen LogP contribution < -0.4 is 4.90 Å². The van der Waals surface area contributed by atoms with Gasteiger partial charge in [0.2, 0.25) is 11.7 Å². The number of carbonyl (C=O) groups excluding carboxylic acids is 2. The van der Waals surface area contributed by atoms with Crippen LogP contribution in [0.3, 0.4) is 0 Å². The highest BCUT2D eigenvalue weighted by Gasteiger charge is 2.34. The SMILES string of the molecule is CC(=O)N1/C(=C\c2ccc3cc(CN(C)C4CCOCC4)ccc3n2)C(=O)c2ccccc21. The van der Waals surface area contributed by atoms with Gasteiger partial charge in [-0.1, -0.05) is 24.3 Å². The molecule has 3 aromatic rings. The van der Waals surface area contributed by atoms with E-state index in [0.29, 0.717) is 28.7 Å². The molecule has 1 fully saturated rings. The molecule has 0 aliphatic carbocycles. The van der Waals surface area contributed by atoms with E-state index < -0.39 is 0 Å². The number of pyridine rings is 1. The predicted octanol–water partition coefficient (Wildman–Crippen LogP) is 4.44. The van der Waals surface area contributed by atoms with Crippen LogP contribution in [-0.2, 0) is 16.1 Å². The fraction of sp³-hybridized carbons (Fsp3) is 0.296. The van der Waals surface area contributed by atoms with Gasteiger partial charge in [0.1, 0.15) is 0 Å². The van der Waals surface area contributed by atoms with Crippen molar-refractivity contribution in [2.45, 2.75) is 32.4 Å². The quantitative estimate of drug-likeness (QED) is 0.561. The average Bonchev–Trinajstić information content (AvgIpc) is 3.11. The summed E-state index contributed by atoms with van der Waals surface area (Å²) in [6.45, 7) is 4.02. The number of nitrogens with zero attached hydrogens (tertiary/aromatic N) is 3. The average molecular weight is 442 g/mol. The Morgan fingerprint density at radius 1 is 1.15 bits per heavy atom. The molecule has 0 atom stereocenters. The first-order valence-electron chi connectivity index (χ1n) is 11.3. The van der Waals surface area contributed by atoms with Crippen molar-refractivity contribution in [3.8, 4) is 0 Å². The molecule has 168 valence electrons. The van der Waals surface area contributed by atoms with Crippen molar-refractivity contribution in [3.63, 3.8) is 0 Å². The van der Waals surface area contributed by atoms with Crippen LogP contribution in [0.4, 0.5) is 5.69 Å². The molecule has 1 aromatic heterocycles. The second kappa shape index (κ2) is 8.89. The third-order valence-electron chi connectivity index (χ3n) is 6.48. The molecule has 6 nitrogen and oxygen atoms in total. The van der Waals surface area contributed by atoms with E-state index in [2.05, 4.69) is 24.1 Å². The van der Waals surface area contributed by atoms with Gasteiger partial charge in [-0.15, -0.1) is 0 Å². The molecule has 33 heavy (non-hydrogen) atoms. The van der Waals surface area contributed by atoms with Crippen LogP contribution >= 0.6 is 0 Å². The molecule has 0 unspecified atom stereocenters. The van der Waals surface area contributed by atoms with Crippen LogP contribution in [0.5, 0.6) is 0 Å². The molecule has 2 aliphatic rings. The number of carbonyl (C=O) groups is 2. The number of para-hydroxylation sites is 1. The monoisotopic (exact) mass is 441 g/mol. The first kappa shape index (κ1) is 21.5. The van der Waals surface area contributed by atoms with Crippen molar-refractivity contribution in [2.75, 3.05) is 25.2 Å². The number of fused-ring (bicyclic) bond motifs is 2. The predicted molar refractivity (Wildman–Crippen MR) is 129 cm³/mol. The van der Waals surface area contributed by atoms with Gasteiger partial charge in [-0.25, -0.2) is 4.98 Å². The van der Waals surface area contributed by atoms with Crippen molar-refractivity contribution in [1.82, 2.24) is 9.88 Å². The summed E-state index contributed by atoms with van der Waals surface area (Å²) in [4.78, 5) is 33.9. The molecule has 1 saturated heterocycles. The Bertz CT molecular complexity index is 1260. The molecule has 3 heterocycles. The number of aromatic nitrogens is 1. The number of amides is 1. The largest absolute Gasteiger partial charge is 0.381 e. The Balaban J connectivity index is 1.41. The van der Waals surface area contributed by atoms with Crippen LogP contribution in [0.15, 0.2) is 60.3 Å². The highest BCUT2D eigenvalue weighted by molar-refractivity contribution is 6.26. The minimum absolute atomic E-state index is 0.158. The van der Waals surface area contributed by atoms with Gasteiger partial charge in [-0.05, 0) is 61.9 Å². The summed E-state index contributed by atoms with van der Waals surface area (Å²) < 4.78 is 5.48. The summed E-state index contributed by atoms with van der Waals surface area (Å²) in [6, 6.07) is 18.0. The molecule has 2 aliphatic heterocycles. The van der Waals surface area contributed by atoms with E-state index in [9.17, 15) is 9.59 Å². The molecule has 5 rings (SSSR count). The maximum atomic E-state index is 13.0. The summed E-state index contributed by atoms with van der Waals surface area (Å²) in [5.74, 6) is -0.354. The summed E-state index contributed by atoms with van der Waals surface area (Å²) in [5, 5.41) is 1.06. The maximum Gasteiger partial charge on any atom is 0.228 e. The van der Waals surface area contributed by atoms with Crippen LogP contribution in [0, 0.1) is 0 Å². The number of hydrogen-bond acceptors (Lipinski definition) is 5. The lowest BCUT2D eigenvalue weighted by Gasteiger charge is -2.31. The first-order chi connectivity index (χ1) is 16.0. The van der Waals surface area contributed by atoms with Crippen LogP contribution in [0.25, 0.3) is 17.0 Å². The number of allylic oxidation sites excluding steroid dienone is 1. The zero-order valence-corrected chi connectivity index (χ0v) is 19.0. The second-order valence-electron chi connectivity index (χ2n) is 8.75. The summed E-state index contributed by atoms with van der Waals surface area (Å²) in [5.41, 5.74) is 4.26. The number of anilines is 1. The van der Waals surface area contributed by atoms with Gasteiger partial charge in [0, 0.05) is 43.7 Å². The van der Waals surface area contributed by atoms with E-state index in [1.165, 1.54) is 17.4 Å². The normalized spacial score (nSPS) is 17.8. The molecule has 6 heteroatoms. The molecule has 0 radical (unpaired) electrons. The van der Waals surface area contributed by atoms with Crippen LogP contribution in [0.1, 0.15) is 41.4 Å². The first-order valence-corrected chi connectivity index (χ1v) is 11.3. The van der Waals surface area contributed by atoms with Gasteiger partial charge in [0.05, 0.1) is 22.6 Å². The number of ketones is 1. The third kappa shape index (κ3) is 4.19. The summed E-state index contributed by atoms with van der Waals surface area (Å²) in [7, 11) is 2.17. The lowest BCUT2D eigenvalue weighted by molar-refractivity contribution is -0.116. The molecule has 1 amide bonds. The highest BCUT2D eigenvalue weighted by Crippen LogP contribution is 2.35. The summed E-state index contributed by atoms with van der Waals surface area (Å²) >= 11 is 0. The zero-order valence-electron chi connectivity index (χ0n) is 19.0. The zero-order chi connectivity index (χ0) is 22.9. The van der Waals surface area contributed by atoms with Crippen molar-refractivity contribution in [2.24, 2.45) is 0 Å². The Labute approximate surface area is 193 Å². The molecule has 0 N–H and O–H groups in total. The van der Waals surface area contributed by atoms with Crippen molar-refractivity contribution >= 4 is 34.4 Å². The van der Waals surface area contributed by atoms with Gasteiger partial charge >= 0.3 is 0 Å². The van der Waals surface area contributed by atoms with Gasteiger partial charge < -0.3 is 4.74 Å². The molecule has 0 saturated carbocycles. The third-order valence-corrected chi connectivity index (χ3v) is 6.48. The minimum Gasteiger partial charge on any atom is -0.381 e. The van der Waals surface area contributed by atoms with Gasteiger partial charge in [0.15, 0.2) is 0 Å². The topological polar surface area (TPSA) is 62.7 Å². The lowest BCUT2D eigenvalue weighted by Crippen LogP contribution is -2.36. The van der Waals surface area contributed by atoms with Crippen LogP contribution in [-0.4, -0.2) is 47.9 Å². The van der Waals surface area contributed by atoms with Gasteiger partial charge in [-0.2, -0.15) is 0 Å². The van der Waals surface area contributed by atoms with Gasteiger partial charge in [0.25, 0.3) is 0 Å². The van der Waals surface area contributed by atoms with Crippen molar-refractivity contribution in [3.05, 3.63) is 77.1 Å². The number of benzene rings is 2. The lowest BCUT2D eigenvalue weighted by atomic mass is 10.1. The Hall–Kier alpha value is -3.35. The smallest absolute Gasteiger partial charge is 0.228 e. The fourth-order valence-corrected chi connectivity index (χ4v) is 4.75. The molecule has 0 bridgehead atoms. The standard InChI is InChI=1S/C27H27N3O3/c1-18(31)30-25-6-4-3-5-23(25)27(32)26(30)16-21-9-8-20-15-19(7-10-24(20)28-21)17-29(2)22-11-13-33-14-12-22/h3-10,15-16,22H,11-14,17H2,1-2H3/b26-16-. The van der Waals surface area contributed by atoms with Crippen LogP contribution in [0.2, 0.25) is 0 Å². The van der Waals surface area contributed by atoms with Crippen molar-refractivity contribution < 1.29 is 14.3 Å². The van der Waals surface area contributed by atoms with E-state index in [0.717, 1.165) is 43.5 Å². The number of rotatable bonds is 4. The van der Waals surface area contributed by atoms with E-state index in [1.54, 1.807) is 18.2 Å². The minimum atomic E-state index is -0.196. The van der Waals surface area contributed by atoms with Gasteiger partial charge in [-0.3, -0.25) is 19.4 Å². The number of Topliss-reactive ketones (excluding diaryl/α,β-unsaturated/α-hetero) is 1. The second-order valence-corrected chi connectivity index (χ2v) is 8.75. The fourth-order valence-electron chi connectivity index (χ4n) is 4.75. The summed E-state index contributed by atoms with van der Waals surface area (Å²) in [6.07, 6.45) is 3.85. The van der Waals surface area contributed by atoms with Crippen molar-refractivity contribution in [1.29, 1.82) is 0 Å². The Morgan fingerprint density at radius 2 is 1.94 bits per heavy atom. The van der Waals surface area contributed by atoms with E-state index in [4.69, 9.17) is 9.72 Å². The van der Waals surface area contributed by atoms with E-state index in [1.807, 2.05) is 30.3 Å². The number of hydrogen-bond donors (Lipinski definition) is 0. The molecular formula is C27H27N3O3. The molecular weight excluding hydrogens is 414 g/mol. The Morgan fingerprint density at radius 3 is 2.73 bits per heavy atom.